The van der Waals surface area contributed by atoms with E-state index in [2.05, 4.69) is 15.1 Å². The number of nitrogens with one attached hydrogen (secondary N) is 1. The van der Waals surface area contributed by atoms with Crippen LogP contribution in [0.25, 0.3) is 16.6 Å². The maximum Gasteiger partial charge on any atom is 0.416 e. The summed E-state index contributed by atoms with van der Waals surface area (Å²) in [6.45, 7) is 1.69. The van der Waals surface area contributed by atoms with Crippen LogP contribution in [-0.4, -0.2) is 32.2 Å². The van der Waals surface area contributed by atoms with E-state index in [1.807, 2.05) is 0 Å². The Balaban J connectivity index is 2.26. The molecule has 0 unspecified atom stereocenters. The summed E-state index contributed by atoms with van der Waals surface area (Å²) in [4.78, 5) is 29.7. The monoisotopic (exact) mass is 326 g/mol. The van der Waals surface area contributed by atoms with Gasteiger partial charge in [-0.25, -0.2) is 14.6 Å². The Morgan fingerprint density at radius 2 is 2.13 bits per heavy atom. The number of esters is 1. The molecule has 0 saturated carbocycles. The number of H-pyrrole nitrogens is 1. The van der Waals surface area contributed by atoms with E-state index in [1.165, 1.54) is 0 Å². The fourth-order valence-corrected chi connectivity index (χ4v) is 2.10. The second-order valence-corrected chi connectivity index (χ2v) is 4.58. The molecule has 10 heteroatoms. The molecule has 0 aliphatic rings. The lowest BCUT2D eigenvalue weighted by atomic mass is 10.1. The minimum absolute atomic E-state index is 0.0273. The second-order valence-electron chi connectivity index (χ2n) is 4.58. The van der Waals surface area contributed by atoms with Crippen molar-refractivity contribution in [3.05, 3.63) is 40.1 Å². The number of aromatic nitrogens is 4. The van der Waals surface area contributed by atoms with Gasteiger partial charge in [0, 0.05) is 5.39 Å². The highest BCUT2D eigenvalue weighted by atomic mass is 19.4. The van der Waals surface area contributed by atoms with Gasteiger partial charge in [0.25, 0.3) is 5.82 Å². The molecule has 1 aromatic carbocycles. The summed E-state index contributed by atoms with van der Waals surface area (Å²) >= 11 is 0. The molecule has 3 aromatic rings. The lowest BCUT2D eigenvalue weighted by Gasteiger charge is -2.07. The summed E-state index contributed by atoms with van der Waals surface area (Å²) in [6.07, 6.45) is -4.54. The van der Waals surface area contributed by atoms with Gasteiger partial charge >= 0.3 is 17.8 Å². The largest absolute Gasteiger partial charge is 0.460 e. The van der Waals surface area contributed by atoms with E-state index >= 15 is 0 Å². The Morgan fingerprint density at radius 1 is 1.39 bits per heavy atom. The van der Waals surface area contributed by atoms with E-state index in [1.54, 1.807) is 6.92 Å². The van der Waals surface area contributed by atoms with Gasteiger partial charge in [0.05, 0.1) is 17.7 Å². The standard InChI is InChI=1S/C13H9F3N4O3/c1-2-23-11(21)9-18-10-7-4-3-6(13(14,15)16)5-8(7)17-12(22)20(10)19-9/h3-5H,2H2,1H3,(H,17,22). The molecule has 0 aliphatic carbocycles. The van der Waals surface area contributed by atoms with Crippen LogP contribution in [0.2, 0.25) is 0 Å². The average Bonchev–Trinajstić information content (AvgIpc) is 2.92. The van der Waals surface area contributed by atoms with E-state index in [0.717, 1.165) is 22.7 Å². The number of halogens is 3. The fourth-order valence-electron chi connectivity index (χ4n) is 2.10. The van der Waals surface area contributed by atoms with Gasteiger partial charge in [-0.3, -0.25) is 0 Å². The highest BCUT2D eigenvalue weighted by Gasteiger charge is 2.31. The van der Waals surface area contributed by atoms with Crippen LogP contribution in [0.3, 0.4) is 0 Å². The third-order valence-corrected chi connectivity index (χ3v) is 3.09. The molecule has 0 amide bonds. The number of fused-ring (bicyclic) bond motifs is 3. The molecule has 120 valence electrons. The number of aromatic amines is 1. The molecule has 0 aliphatic heterocycles. The Labute approximate surface area is 125 Å². The zero-order valence-corrected chi connectivity index (χ0v) is 11.6. The number of hydrogen-bond acceptors (Lipinski definition) is 5. The summed E-state index contributed by atoms with van der Waals surface area (Å²) in [5.74, 6) is -1.17. The molecular formula is C13H9F3N4O3. The third-order valence-electron chi connectivity index (χ3n) is 3.09. The van der Waals surface area contributed by atoms with E-state index in [4.69, 9.17) is 4.74 Å². The van der Waals surface area contributed by atoms with Gasteiger partial charge < -0.3 is 9.72 Å². The summed E-state index contributed by atoms with van der Waals surface area (Å²) in [5, 5.41) is 3.94. The van der Waals surface area contributed by atoms with Gasteiger partial charge in [-0.05, 0) is 25.1 Å². The number of rotatable bonds is 2. The van der Waals surface area contributed by atoms with Crippen molar-refractivity contribution < 1.29 is 22.7 Å². The van der Waals surface area contributed by atoms with E-state index < -0.39 is 23.4 Å². The van der Waals surface area contributed by atoms with E-state index in [-0.39, 0.29) is 29.0 Å². The van der Waals surface area contributed by atoms with Gasteiger partial charge in [0.1, 0.15) is 0 Å². The maximum absolute atomic E-state index is 12.7. The van der Waals surface area contributed by atoms with Gasteiger partial charge in [0.2, 0.25) is 0 Å². The van der Waals surface area contributed by atoms with Crippen molar-refractivity contribution >= 4 is 22.5 Å². The van der Waals surface area contributed by atoms with Crippen LogP contribution in [0, 0.1) is 0 Å². The Bertz CT molecular complexity index is 974. The molecule has 0 atom stereocenters. The first-order chi connectivity index (χ1) is 10.8. The number of carbonyl (C=O) groups is 1. The van der Waals surface area contributed by atoms with E-state index in [9.17, 15) is 22.8 Å². The Kier molecular flexibility index (Phi) is 3.31. The Morgan fingerprint density at radius 3 is 2.78 bits per heavy atom. The fraction of sp³-hybridized carbons (Fsp3) is 0.231. The van der Waals surface area contributed by atoms with Crippen molar-refractivity contribution in [3.63, 3.8) is 0 Å². The van der Waals surface area contributed by atoms with Crippen LogP contribution < -0.4 is 5.69 Å². The van der Waals surface area contributed by atoms with Crippen LogP contribution in [-0.2, 0) is 10.9 Å². The molecule has 1 N–H and O–H groups in total. The number of hydrogen-bond donors (Lipinski definition) is 1. The number of carbonyl (C=O) groups excluding carboxylic acids is 1. The molecular weight excluding hydrogens is 317 g/mol. The Hall–Kier alpha value is -2.91. The first-order valence-electron chi connectivity index (χ1n) is 6.48. The number of alkyl halides is 3. The third kappa shape index (κ3) is 2.51. The lowest BCUT2D eigenvalue weighted by molar-refractivity contribution is -0.137. The molecule has 3 rings (SSSR count). The molecule has 2 aromatic heterocycles. The molecule has 23 heavy (non-hydrogen) atoms. The SMILES string of the molecule is CCOC(=O)c1nc2c3ccc(C(F)(F)F)cc3[nH]c(=O)n2n1. The van der Waals surface area contributed by atoms with Gasteiger partial charge in [-0.15, -0.1) is 5.10 Å². The van der Waals surface area contributed by atoms with Crippen LogP contribution in [0.4, 0.5) is 13.2 Å². The van der Waals surface area contributed by atoms with Gasteiger partial charge in [-0.1, -0.05) is 0 Å². The molecule has 0 radical (unpaired) electrons. The van der Waals surface area contributed by atoms with Crippen molar-refractivity contribution in [3.8, 4) is 0 Å². The number of benzene rings is 1. The lowest BCUT2D eigenvalue weighted by Crippen LogP contribution is -2.18. The zero-order valence-electron chi connectivity index (χ0n) is 11.6. The second kappa shape index (κ2) is 5.07. The smallest absolute Gasteiger partial charge is 0.416 e. The predicted octanol–water partition coefficient (Wildman–Crippen LogP) is 1.77. The molecule has 0 bridgehead atoms. The molecule has 0 spiro atoms. The molecule has 7 nitrogen and oxygen atoms in total. The van der Waals surface area contributed by atoms with E-state index in [0.29, 0.717) is 0 Å². The quantitative estimate of drug-likeness (QED) is 0.725. The molecule has 0 saturated heterocycles. The topological polar surface area (TPSA) is 89.3 Å². The van der Waals surface area contributed by atoms with Crippen molar-refractivity contribution in [1.29, 1.82) is 0 Å². The van der Waals surface area contributed by atoms with Crippen molar-refractivity contribution in [2.75, 3.05) is 6.61 Å². The summed E-state index contributed by atoms with van der Waals surface area (Å²) in [7, 11) is 0. The van der Waals surface area contributed by atoms with Crippen LogP contribution in [0.5, 0.6) is 0 Å². The van der Waals surface area contributed by atoms with Crippen LogP contribution in [0.1, 0.15) is 23.1 Å². The number of nitrogens with zero attached hydrogens (tertiary/aromatic N) is 3. The minimum atomic E-state index is -4.54. The maximum atomic E-state index is 12.7. The predicted molar refractivity (Wildman–Crippen MR) is 72.1 cm³/mol. The summed E-state index contributed by atoms with van der Waals surface area (Å²) in [6, 6.07) is 2.82. The molecule has 2 heterocycles. The van der Waals surface area contributed by atoms with Crippen LogP contribution >= 0.6 is 0 Å². The average molecular weight is 326 g/mol. The number of ether oxygens (including phenoxy) is 1. The summed E-state index contributed by atoms with van der Waals surface area (Å²) in [5.41, 5.74) is -1.80. The summed E-state index contributed by atoms with van der Waals surface area (Å²) < 4.78 is 43.8. The van der Waals surface area contributed by atoms with Crippen molar-refractivity contribution in [2.24, 2.45) is 0 Å². The highest BCUT2D eigenvalue weighted by molar-refractivity contribution is 5.93. The van der Waals surface area contributed by atoms with Crippen molar-refractivity contribution in [1.82, 2.24) is 19.6 Å². The molecule has 0 fully saturated rings. The first kappa shape index (κ1) is 15.0. The zero-order chi connectivity index (χ0) is 16.8. The van der Waals surface area contributed by atoms with Gasteiger partial charge in [-0.2, -0.15) is 17.7 Å². The van der Waals surface area contributed by atoms with Crippen LogP contribution in [0.15, 0.2) is 23.0 Å². The minimum Gasteiger partial charge on any atom is -0.460 e. The van der Waals surface area contributed by atoms with Gasteiger partial charge in [0.15, 0.2) is 5.65 Å². The normalized spacial score (nSPS) is 12.0. The van der Waals surface area contributed by atoms with Crippen molar-refractivity contribution in [2.45, 2.75) is 13.1 Å². The highest BCUT2D eigenvalue weighted by Crippen LogP contribution is 2.31. The first-order valence-corrected chi connectivity index (χ1v) is 6.48.